The van der Waals surface area contributed by atoms with Crippen LogP contribution in [-0.2, 0) is 9.53 Å². The number of hydrogen-bond donors (Lipinski definition) is 1. The van der Waals surface area contributed by atoms with Gasteiger partial charge in [0.05, 0.1) is 12.2 Å². The minimum Gasteiger partial charge on any atom is -0.462 e. The summed E-state index contributed by atoms with van der Waals surface area (Å²) in [6.45, 7) is 0.174. The lowest BCUT2D eigenvalue weighted by Gasteiger charge is -2.09. The van der Waals surface area contributed by atoms with Crippen LogP contribution in [0.1, 0.15) is 17.3 Å². The fourth-order valence-corrected chi connectivity index (χ4v) is 1.54. The molecule has 0 unspecified atom stereocenters. The minimum atomic E-state index is -2.19. The van der Waals surface area contributed by atoms with Crippen LogP contribution < -0.4 is 5.32 Å². The van der Waals surface area contributed by atoms with Crippen molar-refractivity contribution < 1.29 is 36.3 Å². The minimum absolute atomic E-state index is 0.123. The standard InChI is InChI=1S/C14H12F5NO3/c1-2-23-14(22)8(6-20-4-3-15)13(21)7-5-9(16)11(18)12(19)10(7)17/h5-6,20H,2-4H2,1H3. The predicted octanol–water partition coefficient (Wildman–Crippen LogP) is 2.43. The molecule has 0 aliphatic heterocycles. The Morgan fingerprint density at radius 3 is 2.39 bits per heavy atom. The Morgan fingerprint density at radius 2 is 1.83 bits per heavy atom. The molecule has 0 amide bonds. The summed E-state index contributed by atoms with van der Waals surface area (Å²) in [5.41, 5.74) is -2.01. The molecule has 126 valence electrons. The first kappa shape index (κ1) is 18.6. The van der Waals surface area contributed by atoms with Gasteiger partial charge in [-0.1, -0.05) is 0 Å². The van der Waals surface area contributed by atoms with E-state index in [9.17, 15) is 31.5 Å². The molecular formula is C14H12F5NO3. The lowest BCUT2D eigenvalue weighted by Crippen LogP contribution is -2.22. The van der Waals surface area contributed by atoms with Crippen molar-refractivity contribution in [1.29, 1.82) is 0 Å². The molecule has 0 heterocycles. The van der Waals surface area contributed by atoms with E-state index in [-0.39, 0.29) is 19.2 Å². The second-order valence-electron chi connectivity index (χ2n) is 4.10. The fourth-order valence-electron chi connectivity index (χ4n) is 1.54. The number of nitrogens with one attached hydrogen (secondary N) is 1. The Hall–Kier alpha value is -2.45. The van der Waals surface area contributed by atoms with Gasteiger partial charge in [0.1, 0.15) is 12.2 Å². The average molecular weight is 337 g/mol. The Kier molecular flexibility index (Phi) is 6.67. The van der Waals surface area contributed by atoms with Gasteiger partial charge in [-0.05, 0) is 13.0 Å². The van der Waals surface area contributed by atoms with Gasteiger partial charge < -0.3 is 10.1 Å². The number of alkyl halides is 1. The number of hydrogen-bond acceptors (Lipinski definition) is 4. The molecule has 0 atom stereocenters. The summed E-state index contributed by atoms with van der Waals surface area (Å²) in [5.74, 6) is -10.7. The first-order chi connectivity index (χ1) is 10.8. The van der Waals surface area contributed by atoms with Gasteiger partial charge in [0.25, 0.3) is 0 Å². The van der Waals surface area contributed by atoms with Crippen LogP contribution in [0, 0.1) is 23.3 Å². The van der Waals surface area contributed by atoms with E-state index in [1.807, 2.05) is 0 Å². The van der Waals surface area contributed by atoms with E-state index in [0.29, 0.717) is 0 Å². The van der Waals surface area contributed by atoms with Gasteiger partial charge in [0.2, 0.25) is 5.78 Å². The molecule has 9 heteroatoms. The summed E-state index contributed by atoms with van der Waals surface area (Å²) in [5, 5.41) is 2.24. The zero-order chi connectivity index (χ0) is 17.6. The maximum atomic E-state index is 13.6. The van der Waals surface area contributed by atoms with Crippen molar-refractivity contribution in [3.05, 3.63) is 46.7 Å². The van der Waals surface area contributed by atoms with Crippen molar-refractivity contribution in [2.24, 2.45) is 0 Å². The molecule has 4 nitrogen and oxygen atoms in total. The lowest BCUT2D eigenvalue weighted by atomic mass is 10.0. The number of Topliss-reactive ketones (excluding diaryl/α,β-unsaturated/α-hetero) is 1. The number of benzene rings is 1. The monoisotopic (exact) mass is 337 g/mol. The molecule has 0 radical (unpaired) electrons. The molecule has 23 heavy (non-hydrogen) atoms. The summed E-state index contributed by atoms with van der Waals surface area (Å²) in [6.07, 6.45) is 0.735. The highest BCUT2D eigenvalue weighted by Gasteiger charge is 2.28. The number of ether oxygens (including phenoxy) is 1. The van der Waals surface area contributed by atoms with E-state index in [1.165, 1.54) is 6.92 Å². The van der Waals surface area contributed by atoms with Gasteiger partial charge in [0, 0.05) is 12.7 Å². The zero-order valence-corrected chi connectivity index (χ0v) is 11.9. The molecule has 1 N–H and O–H groups in total. The Balaban J connectivity index is 3.30. The van der Waals surface area contributed by atoms with Crippen LogP contribution in [-0.4, -0.2) is 31.6 Å². The summed E-state index contributed by atoms with van der Waals surface area (Å²) in [6, 6.07) is 0.123. The van der Waals surface area contributed by atoms with Gasteiger partial charge >= 0.3 is 5.97 Å². The molecular weight excluding hydrogens is 325 g/mol. The Morgan fingerprint density at radius 1 is 1.17 bits per heavy atom. The van der Waals surface area contributed by atoms with Crippen molar-refractivity contribution in [2.75, 3.05) is 19.8 Å². The van der Waals surface area contributed by atoms with E-state index in [1.54, 1.807) is 0 Å². The number of carbonyl (C=O) groups is 2. The Bertz CT molecular complexity index is 646. The fraction of sp³-hybridized carbons (Fsp3) is 0.286. The third-order valence-electron chi connectivity index (χ3n) is 2.57. The SMILES string of the molecule is CCOC(=O)C(=CNCCF)C(=O)c1cc(F)c(F)c(F)c1F. The molecule has 0 bridgehead atoms. The normalized spacial score (nSPS) is 11.3. The number of halogens is 5. The van der Waals surface area contributed by atoms with Gasteiger partial charge in [-0.25, -0.2) is 26.7 Å². The molecule has 1 aromatic carbocycles. The third-order valence-corrected chi connectivity index (χ3v) is 2.57. The zero-order valence-electron chi connectivity index (χ0n) is 11.9. The van der Waals surface area contributed by atoms with Crippen LogP contribution in [0.4, 0.5) is 22.0 Å². The van der Waals surface area contributed by atoms with Gasteiger partial charge in [0.15, 0.2) is 23.3 Å². The maximum absolute atomic E-state index is 13.6. The first-order valence-electron chi connectivity index (χ1n) is 6.39. The van der Waals surface area contributed by atoms with Crippen molar-refractivity contribution in [3.63, 3.8) is 0 Å². The average Bonchev–Trinajstić information content (AvgIpc) is 2.52. The van der Waals surface area contributed by atoms with Crippen LogP contribution in [0.5, 0.6) is 0 Å². The van der Waals surface area contributed by atoms with E-state index < -0.39 is 52.8 Å². The highest BCUT2D eigenvalue weighted by molar-refractivity contribution is 6.24. The topological polar surface area (TPSA) is 55.4 Å². The van der Waals surface area contributed by atoms with Gasteiger partial charge in [-0.15, -0.1) is 0 Å². The van der Waals surface area contributed by atoms with Crippen LogP contribution in [0.25, 0.3) is 0 Å². The van der Waals surface area contributed by atoms with Gasteiger partial charge in [-0.3, -0.25) is 4.79 Å². The highest BCUT2D eigenvalue weighted by atomic mass is 19.2. The predicted molar refractivity (Wildman–Crippen MR) is 69.3 cm³/mol. The Labute approximate surface area is 127 Å². The van der Waals surface area contributed by atoms with Crippen molar-refractivity contribution in [2.45, 2.75) is 6.92 Å². The largest absolute Gasteiger partial charge is 0.462 e. The first-order valence-corrected chi connectivity index (χ1v) is 6.39. The molecule has 0 aromatic heterocycles. The van der Waals surface area contributed by atoms with E-state index in [0.717, 1.165) is 6.20 Å². The number of esters is 1. The molecule has 0 aliphatic rings. The summed E-state index contributed by atoms with van der Waals surface area (Å²) in [4.78, 5) is 23.8. The molecule has 0 saturated heterocycles. The van der Waals surface area contributed by atoms with Crippen LogP contribution in [0.15, 0.2) is 17.8 Å². The van der Waals surface area contributed by atoms with Crippen molar-refractivity contribution >= 4 is 11.8 Å². The van der Waals surface area contributed by atoms with Gasteiger partial charge in [-0.2, -0.15) is 0 Å². The van der Waals surface area contributed by atoms with Crippen LogP contribution in [0.3, 0.4) is 0 Å². The van der Waals surface area contributed by atoms with E-state index in [2.05, 4.69) is 10.1 Å². The van der Waals surface area contributed by atoms with Crippen molar-refractivity contribution in [3.8, 4) is 0 Å². The number of carbonyl (C=O) groups excluding carboxylic acids is 2. The van der Waals surface area contributed by atoms with E-state index >= 15 is 0 Å². The maximum Gasteiger partial charge on any atom is 0.343 e. The number of ketones is 1. The smallest absolute Gasteiger partial charge is 0.343 e. The quantitative estimate of drug-likeness (QED) is 0.0956. The second kappa shape index (κ2) is 8.25. The lowest BCUT2D eigenvalue weighted by molar-refractivity contribution is -0.138. The summed E-state index contributed by atoms with van der Waals surface area (Å²) >= 11 is 0. The third kappa shape index (κ3) is 4.27. The highest BCUT2D eigenvalue weighted by Crippen LogP contribution is 2.21. The second-order valence-corrected chi connectivity index (χ2v) is 4.10. The van der Waals surface area contributed by atoms with E-state index in [4.69, 9.17) is 0 Å². The molecule has 1 rings (SSSR count). The molecule has 1 aromatic rings. The number of rotatable bonds is 7. The van der Waals surface area contributed by atoms with Crippen LogP contribution >= 0.6 is 0 Å². The van der Waals surface area contributed by atoms with Crippen LogP contribution in [0.2, 0.25) is 0 Å². The molecule has 0 fully saturated rings. The summed E-state index contributed by atoms with van der Waals surface area (Å²) < 4.78 is 69.5. The molecule has 0 spiro atoms. The summed E-state index contributed by atoms with van der Waals surface area (Å²) in [7, 11) is 0. The van der Waals surface area contributed by atoms with Crippen molar-refractivity contribution in [1.82, 2.24) is 5.32 Å². The molecule has 0 saturated carbocycles. The molecule has 0 aliphatic carbocycles.